The lowest BCUT2D eigenvalue weighted by Crippen LogP contribution is -2.12. The van der Waals surface area contributed by atoms with Crippen molar-refractivity contribution in [1.82, 2.24) is 0 Å². The van der Waals surface area contributed by atoms with Gasteiger partial charge in [0.05, 0.1) is 6.26 Å². The molecule has 3 unspecified atom stereocenters. The fourth-order valence-corrected chi connectivity index (χ4v) is 3.09. The number of furan rings is 1. The number of nitrogens with two attached hydrogens (primary N) is 1. The molecule has 1 aromatic carbocycles. The largest absolute Gasteiger partial charge is 0.464 e. The number of hydrogen-bond acceptors (Lipinski definition) is 2. The second-order valence-electron chi connectivity index (χ2n) is 5.67. The maximum atomic E-state index is 10.8. The average molecular weight is 257 g/mol. The number of benzene rings is 1. The SMILES string of the molecule is CC(CCC(N)=O)C1CC1c1cccc2ccoc12. The summed E-state index contributed by atoms with van der Waals surface area (Å²) in [6.07, 6.45) is 4.34. The Morgan fingerprint density at radius 1 is 1.47 bits per heavy atom. The zero-order chi connectivity index (χ0) is 13.4. The molecule has 0 radical (unpaired) electrons. The molecule has 1 aliphatic rings. The second kappa shape index (κ2) is 4.72. The van der Waals surface area contributed by atoms with Crippen molar-refractivity contribution in [2.75, 3.05) is 0 Å². The number of fused-ring (bicyclic) bond motifs is 1. The van der Waals surface area contributed by atoms with Crippen LogP contribution in [0.2, 0.25) is 0 Å². The van der Waals surface area contributed by atoms with Crippen LogP contribution in [0, 0.1) is 11.8 Å². The number of para-hydroxylation sites is 1. The molecule has 100 valence electrons. The second-order valence-corrected chi connectivity index (χ2v) is 5.67. The lowest BCUT2D eigenvalue weighted by atomic mass is 9.96. The van der Waals surface area contributed by atoms with Gasteiger partial charge in [-0.05, 0) is 42.2 Å². The molecular weight excluding hydrogens is 238 g/mol. The minimum Gasteiger partial charge on any atom is -0.464 e. The highest BCUT2D eigenvalue weighted by Gasteiger charge is 2.42. The monoisotopic (exact) mass is 257 g/mol. The molecule has 0 saturated heterocycles. The smallest absolute Gasteiger partial charge is 0.217 e. The number of carbonyl (C=O) groups is 1. The predicted molar refractivity (Wildman–Crippen MR) is 74.7 cm³/mol. The maximum absolute atomic E-state index is 10.8. The van der Waals surface area contributed by atoms with Gasteiger partial charge in [-0.25, -0.2) is 0 Å². The number of carbonyl (C=O) groups excluding carboxylic acids is 1. The minimum atomic E-state index is -0.197. The van der Waals surface area contributed by atoms with Crippen LogP contribution < -0.4 is 5.73 Å². The highest BCUT2D eigenvalue weighted by atomic mass is 16.3. The van der Waals surface area contributed by atoms with Gasteiger partial charge in [-0.15, -0.1) is 0 Å². The molecule has 2 aromatic rings. The fourth-order valence-electron chi connectivity index (χ4n) is 3.09. The van der Waals surface area contributed by atoms with E-state index in [0.717, 1.165) is 12.0 Å². The van der Waals surface area contributed by atoms with E-state index in [9.17, 15) is 4.79 Å². The lowest BCUT2D eigenvalue weighted by molar-refractivity contribution is -0.118. The molecule has 1 aromatic heterocycles. The topological polar surface area (TPSA) is 56.2 Å². The Hall–Kier alpha value is -1.77. The Bertz CT molecular complexity index is 602. The molecule has 19 heavy (non-hydrogen) atoms. The summed E-state index contributed by atoms with van der Waals surface area (Å²) in [7, 11) is 0. The summed E-state index contributed by atoms with van der Waals surface area (Å²) in [4.78, 5) is 10.8. The summed E-state index contributed by atoms with van der Waals surface area (Å²) in [5.74, 6) is 1.59. The third kappa shape index (κ3) is 2.37. The molecule has 1 amide bonds. The van der Waals surface area contributed by atoms with E-state index in [1.165, 1.54) is 17.4 Å². The van der Waals surface area contributed by atoms with E-state index < -0.39 is 0 Å². The Labute approximate surface area is 112 Å². The predicted octanol–water partition coefficient (Wildman–Crippen LogP) is 3.44. The molecule has 3 atom stereocenters. The normalized spacial score (nSPS) is 23.4. The van der Waals surface area contributed by atoms with Crippen LogP contribution >= 0.6 is 0 Å². The van der Waals surface area contributed by atoms with Crippen molar-refractivity contribution in [3.05, 3.63) is 36.1 Å². The average Bonchev–Trinajstić information content (AvgIpc) is 3.04. The van der Waals surface area contributed by atoms with Gasteiger partial charge in [-0.1, -0.05) is 25.1 Å². The molecule has 3 rings (SSSR count). The van der Waals surface area contributed by atoms with Gasteiger partial charge in [0.2, 0.25) is 5.91 Å². The number of hydrogen-bond donors (Lipinski definition) is 1. The van der Waals surface area contributed by atoms with Crippen LogP contribution in [-0.4, -0.2) is 5.91 Å². The van der Waals surface area contributed by atoms with Gasteiger partial charge in [-0.3, -0.25) is 4.79 Å². The van der Waals surface area contributed by atoms with E-state index in [1.807, 2.05) is 6.07 Å². The van der Waals surface area contributed by atoms with E-state index in [1.54, 1.807) is 6.26 Å². The van der Waals surface area contributed by atoms with Crippen molar-refractivity contribution in [2.45, 2.75) is 32.1 Å². The van der Waals surface area contributed by atoms with E-state index >= 15 is 0 Å². The van der Waals surface area contributed by atoms with Gasteiger partial charge >= 0.3 is 0 Å². The van der Waals surface area contributed by atoms with Crippen molar-refractivity contribution in [3.8, 4) is 0 Å². The maximum Gasteiger partial charge on any atom is 0.217 e. The van der Waals surface area contributed by atoms with Crippen LogP contribution in [0.1, 0.15) is 37.7 Å². The van der Waals surface area contributed by atoms with Gasteiger partial charge in [0.15, 0.2) is 0 Å². The first-order valence-electron chi connectivity index (χ1n) is 6.91. The van der Waals surface area contributed by atoms with Crippen molar-refractivity contribution < 1.29 is 9.21 Å². The molecule has 1 aliphatic carbocycles. The van der Waals surface area contributed by atoms with Gasteiger partial charge in [-0.2, -0.15) is 0 Å². The van der Waals surface area contributed by atoms with Gasteiger partial charge < -0.3 is 10.2 Å². The molecule has 0 bridgehead atoms. The van der Waals surface area contributed by atoms with Crippen molar-refractivity contribution in [2.24, 2.45) is 17.6 Å². The third-order valence-corrected chi connectivity index (χ3v) is 4.33. The molecule has 3 heteroatoms. The molecule has 1 fully saturated rings. The van der Waals surface area contributed by atoms with Crippen molar-refractivity contribution >= 4 is 16.9 Å². The zero-order valence-electron chi connectivity index (χ0n) is 11.1. The number of rotatable bonds is 5. The molecule has 3 nitrogen and oxygen atoms in total. The van der Waals surface area contributed by atoms with E-state index in [0.29, 0.717) is 24.2 Å². The van der Waals surface area contributed by atoms with Gasteiger partial charge in [0.1, 0.15) is 5.58 Å². The summed E-state index contributed by atoms with van der Waals surface area (Å²) in [6.45, 7) is 2.22. The van der Waals surface area contributed by atoms with Gasteiger partial charge in [0, 0.05) is 11.8 Å². The Kier molecular flexibility index (Phi) is 3.05. The van der Waals surface area contributed by atoms with Crippen LogP contribution in [0.4, 0.5) is 0 Å². The first-order valence-corrected chi connectivity index (χ1v) is 6.91. The quantitative estimate of drug-likeness (QED) is 0.892. The van der Waals surface area contributed by atoms with Crippen LogP contribution in [0.5, 0.6) is 0 Å². The Morgan fingerprint density at radius 3 is 3.11 bits per heavy atom. The number of primary amides is 1. The fraction of sp³-hybridized carbons (Fsp3) is 0.438. The lowest BCUT2D eigenvalue weighted by Gasteiger charge is -2.09. The molecule has 0 spiro atoms. The Balaban J connectivity index is 1.72. The highest BCUT2D eigenvalue weighted by Crippen LogP contribution is 2.54. The molecule has 2 N–H and O–H groups in total. The first-order chi connectivity index (χ1) is 9.16. The Morgan fingerprint density at radius 2 is 2.32 bits per heavy atom. The van der Waals surface area contributed by atoms with Crippen molar-refractivity contribution in [1.29, 1.82) is 0 Å². The third-order valence-electron chi connectivity index (χ3n) is 4.33. The van der Waals surface area contributed by atoms with Gasteiger partial charge in [0.25, 0.3) is 0 Å². The molecule has 1 heterocycles. The molecular formula is C16H19NO2. The standard InChI is InChI=1S/C16H19NO2/c1-10(5-6-15(17)18)13-9-14(13)12-4-2-3-11-7-8-19-16(11)12/h2-4,7-8,10,13-14H,5-6,9H2,1H3,(H2,17,18). The summed E-state index contributed by atoms with van der Waals surface area (Å²) in [6, 6.07) is 8.34. The summed E-state index contributed by atoms with van der Waals surface area (Å²) in [5, 5.41) is 1.17. The van der Waals surface area contributed by atoms with Crippen LogP contribution in [0.3, 0.4) is 0 Å². The molecule has 1 saturated carbocycles. The van der Waals surface area contributed by atoms with Crippen molar-refractivity contribution in [3.63, 3.8) is 0 Å². The molecule has 0 aliphatic heterocycles. The van der Waals surface area contributed by atoms with Crippen LogP contribution in [-0.2, 0) is 4.79 Å². The van der Waals surface area contributed by atoms with E-state index in [4.69, 9.17) is 10.2 Å². The highest BCUT2D eigenvalue weighted by molar-refractivity contribution is 5.81. The summed E-state index contributed by atoms with van der Waals surface area (Å²) >= 11 is 0. The van der Waals surface area contributed by atoms with E-state index in [2.05, 4.69) is 25.1 Å². The first kappa shape index (κ1) is 12.3. The number of amides is 1. The van der Waals surface area contributed by atoms with Crippen LogP contribution in [0.25, 0.3) is 11.0 Å². The summed E-state index contributed by atoms with van der Waals surface area (Å²) in [5.41, 5.74) is 7.56. The van der Waals surface area contributed by atoms with E-state index in [-0.39, 0.29) is 5.91 Å². The summed E-state index contributed by atoms with van der Waals surface area (Å²) < 4.78 is 5.60. The van der Waals surface area contributed by atoms with Crippen LogP contribution in [0.15, 0.2) is 34.9 Å². The zero-order valence-corrected chi connectivity index (χ0v) is 11.1. The minimum absolute atomic E-state index is 0.197.